The predicted octanol–water partition coefficient (Wildman–Crippen LogP) is 5.77. The van der Waals surface area contributed by atoms with Crippen LogP contribution in [0.2, 0.25) is 0 Å². The number of amidine groups is 1. The lowest BCUT2D eigenvalue weighted by Crippen LogP contribution is -2.64. The fourth-order valence-corrected chi connectivity index (χ4v) is 1.91. The van der Waals surface area contributed by atoms with Gasteiger partial charge in [-0.25, -0.2) is 0 Å². The zero-order valence-corrected chi connectivity index (χ0v) is 15.1. The number of halogens is 9. The minimum Gasteiger partial charge on any atom is -0.495 e. The summed E-state index contributed by atoms with van der Waals surface area (Å²) in [7, 11) is 1.10. The Hall–Kier alpha value is -2.14. The van der Waals surface area contributed by atoms with Crippen molar-refractivity contribution >= 4 is 11.5 Å². The van der Waals surface area contributed by atoms with Crippen molar-refractivity contribution in [3.05, 3.63) is 24.3 Å². The molecule has 1 rings (SSSR count). The van der Waals surface area contributed by atoms with Gasteiger partial charge in [-0.1, -0.05) is 12.1 Å². The van der Waals surface area contributed by atoms with Gasteiger partial charge in [0.2, 0.25) is 0 Å². The van der Waals surface area contributed by atoms with E-state index in [1.807, 2.05) is 0 Å². The second kappa shape index (κ2) is 7.36. The maximum absolute atomic E-state index is 14.4. The van der Waals surface area contributed by atoms with Crippen molar-refractivity contribution in [2.75, 3.05) is 12.4 Å². The van der Waals surface area contributed by atoms with Crippen molar-refractivity contribution in [1.29, 1.82) is 0 Å². The van der Waals surface area contributed by atoms with Gasteiger partial charge in [-0.3, -0.25) is 4.99 Å². The zero-order valence-electron chi connectivity index (χ0n) is 15.1. The van der Waals surface area contributed by atoms with Gasteiger partial charge in [-0.05, 0) is 32.9 Å². The van der Waals surface area contributed by atoms with Crippen molar-refractivity contribution in [3.8, 4) is 5.75 Å². The topological polar surface area (TPSA) is 33.6 Å². The summed E-state index contributed by atoms with van der Waals surface area (Å²) in [5.74, 6) is -22.1. The summed E-state index contributed by atoms with van der Waals surface area (Å²) in [5.41, 5.74) is -1.92. The quantitative estimate of drug-likeness (QED) is 0.370. The van der Waals surface area contributed by atoms with Gasteiger partial charge in [0.1, 0.15) is 5.75 Å². The van der Waals surface area contributed by atoms with Gasteiger partial charge >= 0.3 is 23.9 Å². The third kappa shape index (κ3) is 4.46. The van der Waals surface area contributed by atoms with E-state index in [1.165, 1.54) is 18.2 Å². The summed E-state index contributed by atoms with van der Waals surface area (Å²) < 4.78 is 125. The van der Waals surface area contributed by atoms with E-state index in [0.29, 0.717) is 0 Å². The maximum atomic E-state index is 14.4. The van der Waals surface area contributed by atoms with Crippen molar-refractivity contribution in [2.45, 2.75) is 50.3 Å². The zero-order chi connectivity index (χ0) is 22.2. The molecule has 0 radical (unpaired) electrons. The minimum absolute atomic E-state index is 0.161. The van der Waals surface area contributed by atoms with Gasteiger partial charge in [0.15, 0.2) is 5.84 Å². The lowest BCUT2D eigenvalue weighted by atomic mass is 10.0. The molecule has 0 amide bonds. The van der Waals surface area contributed by atoms with Crippen LogP contribution in [0.3, 0.4) is 0 Å². The van der Waals surface area contributed by atoms with E-state index < -0.39 is 35.3 Å². The van der Waals surface area contributed by atoms with Crippen LogP contribution in [0.5, 0.6) is 5.75 Å². The number of nitrogens with one attached hydrogen (secondary N) is 1. The Morgan fingerprint density at radius 3 is 1.79 bits per heavy atom. The normalized spacial score (nSPS) is 14.8. The van der Waals surface area contributed by atoms with Crippen LogP contribution < -0.4 is 10.1 Å². The highest BCUT2D eigenvalue weighted by atomic mass is 19.4. The molecule has 28 heavy (non-hydrogen) atoms. The number of rotatable bonds is 5. The molecule has 160 valence electrons. The first-order chi connectivity index (χ1) is 12.4. The molecule has 0 unspecified atom stereocenters. The highest BCUT2D eigenvalue weighted by Crippen LogP contribution is 2.53. The number of para-hydroxylation sites is 2. The van der Waals surface area contributed by atoms with Gasteiger partial charge in [-0.2, -0.15) is 39.5 Å². The van der Waals surface area contributed by atoms with Crippen molar-refractivity contribution in [2.24, 2.45) is 4.99 Å². The highest BCUT2D eigenvalue weighted by molar-refractivity contribution is 6.02. The minimum atomic E-state index is -7.02. The van der Waals surface area contributed by atoms with Gasteiger partial charge in [0.05, 0.1) is 18.3 Å². The summed E-state index contributed by atoms with van der Waals surface area (Å²) >= 11 is 0. The van der Waals surface area contributed by atoms with Crippen LogP contribution in [0.25, 0.3) is 0 Å². The molecular formula is C16H17F9N2O. The second-order valence-electron chi connectivity index (χ2n) is 6.68. The summed E-state index contributed by atoms with van der Waals surface area (Å²) in [6.07, 6.45) is -6.92. The molecule has 0 aromatic heterocycles. The summed E-state index contributed by atoms with van der Waals surface area (Å²) in [6, 6.07) is 4.93. The molecule has 0 saturated carbocycles. The molecule has 0 aliphatic heterocycles. The van der Waals surface area contributed by atoms with Crippen LogP contribution in [-0.2, 0) is 0 Å². The van der Waals surface area contributed by atoms with Crippen LogP contribution in [0.4, 0.5) is 45.2 Å². The molecule has 0 saturated heterocycles. The Morgan fingerprint density at radius 1 is 0.857 bits per heavy atom. The molecule has 0 spiro atoms. The lowest BCUT2D eigenvalue weighted by Gasteiger charge is -2.35. The van der Waals surface area contributed by atoms with Gasteiger partial charge in [0.25, 0.3) is 0 Å². The Balaban J connectivity index is 3.59. The van der Waals surface area contributed by atoms with Crippen LogP contribution in [-0.4, -0.2) is 42.4 Å². The van der Waals surface area contributed by atoms with E-state index in [-0.39, 0.29) is 11.4 Å². The monoisotopic (exact) mass is 424 g/mol. The molecule has 0 fully saturated rings. The fraction of sp³-hybridized carbons (Fsp3) is 0.562. The molecule has 3 nitrogen and oxygen atoms in total. The average molecular weight is 424 g/mol. The van der Waals surface area contributed by atoms with Crippen molar-refractivity contribution in [3.63, 3.8) is 0 Å². The Kier molecular flexibility index (Phi) is 6.28. The summed E-state index contributed by atoms with van der Waals surface area (Å²) in [5, 5.41) is 1.72. The first kappa shape index (κ1) is 23.9. The van der Waals surface area contributed by atoms with E-state index >= 15 is 0 Å². The molecule has 0 aliphatic rings. The molecule has 1 N–H and O–H groups in total. The number of nitrogens with zero attached hydrogens (tertiary/aromatic N) is 1. The van der Waals surface area contributed by atoms with E-state index in [2.05, 4.69) is 4.99 Å². The lowest BCUT2D eigenvalue weighted by molar-refractivity contribution is -0.384. The van der Waals surface area contributed by atoms with E-state index in [4.69, 9.17) is 4.74 Å². The van der Waals surface area contributed by atoms with Crippen molar-refractivity contribution < 1.29 is 44.3 Å². The summed E-state index contributed by atoms with van der Waals surface area (Å²) in [4.78, 5) is 3.23. The van der Waals surface area contributed by atoms with E-state index in [0.717, 1.165) is 33.9 Å². The average Bonchev–Trinajstić information content (AvgIpc) is 2.52. The number of hydrogen-bond donors (Lipinski definition) is 1. The molecular weight excluding hydrogens is 407 g/mol. The predicted molar refractivity (Wildman–Crippen MR) is 84.7 cm³/mol. The number of alkyl halides is 9. The fourth-order valence-electron chi connectivity index (χ4n) is 1.91. The van der Waals surface area contributed by atoms with Crippen LogP contribution >= 0.6 is 0 Å². The van der Waals surface area contributed by atoms with Crippen LogP contribution in [0.15, 0.2) is 29.3 Å². The number of methoxy groups -OCH3 is 1. The third-order valence-electron chi connectivity index (χ3n) is 3.25. The van der Waals surface area contributed by atoms with E-state index in [9.17, 15) is 39.5 Å². The largest absolute Gasteiger partial charge is 0.495 e. The Labute approximate surface area is 154 Å². The third-order valence-corrected chi connectivity index (χ3v) is 3.25. The molecule has 12 heteroatoms. The standard InChI is InChI=1S/C16H17F9N2O/c1-12(2,3)27-11(26-9-7-5-6-8-10(9)28-4)13(17,18)14(19,20)15(21,22)16(23,24)25/h5-8H,1-4H3,(H,26,27). The van der Waals surface area contributed by atoms with Crippen LogP contribution in [0.1, 0.15) is 20.8 Å². The molecule has 0 heterocycles. The molecule has 0 atom stereocenters. The number of anilines is 1. The second-order valence-corrected chi connectivity index (χ2v) is 6.68. The molecule has 1 aromatic carbocycles. The van der Waals surface area contributed by atoms with Gasteiger partial charge in [0, 0.05) is 0 Å². The van der Waals surface area contributed by atoms with E-state index in [1.54, 1.807) is 5.32 Å². The number of ether oxygens (including phenoxy) is 1. The number of benzene rings is 1. The smallest absolute Gasteiger partial charge is 0.460 e. The maximum Gasteiger partial charge on any atom is 0.460 e. The van der Waals surface area contributed by atoms with Gasteiger partial charge < -0.3 is 10.1 Å². The van der Waals surface area contributed by atoms with Crippen molar-refractivity contribution in [1.82, 2.24) is 0 Å². The Morgan fingerprint density at radius 2 is 1.36 bits per heavy atom. The first-order valence-electron chi connectivity index (χ1n) is 7.59. The Bertz CT molecular complexity index is 722. The number of hydrogen-bond acceptors (Lipinski definition) is 2. The molecule has 1 aromatic rings. The first-order valence-corrected chi connectivity index (χ1v) is 7.59. The summed E-state index contributed by atoms with van der Waals surface area (Å²) in [6.45, 7) is 3.48. The molecule has 0 aliphatic carbocycles. The van der Waals surface area contributed by atoms with Gasteiger partial charge in [-0.15, -0.1) is 0 Å². The number of aliphatic imine (C=N–C) groups is 1. The van der Waals surface area contributed by atoms with Crippen LogP contribution in [0, 0.1) is 0 Å². The SMILES string of the molecule is COc1ccccc1NC(=NC(C)(C)C)C(F)(F)C(F)(F)C(F)(F)C(F)(F)F. The highest BCUT2D eigenvalue weighted by Gasteiger charge is 2.83. The molecule has 0 bridgehead atoms.